The summed E-state index contributed by atoms with van der Waals surface area (Å²) in [6, 6.07) is 20.8. The van der Waals surface area contributed by atoms with Crippen LogP contribution in [0.15, 0.2) is 70.6 Å². The predicted octanol–water partition coefficient (Wildman–Crippen LogP) is 4.59. The van der Waals surface area contributed by atoms with E-state index >= 15 is 0 Å². The van der Waals surface area contributed by atoms with Gasteiger partial charge in [0.15, 0.2) is 0 Å². The Morgan fingerprint density at radius 3 is 1.73 bits per heavy atom. The van der Waals surface area contributed by atoms with Crippen molar-refractivity contribution in [3.05, 3.63) is 88.7 Å². The average molecular weight is 544 g/mol. The zero-order valence-corrected chi connectivity index (χ0v) is 23.5. The Kier molecular flexibility index (Phi) is 6.63. The van der Waals surface area contributed by atoms with Gasteiger partial charge in [-0.15, -0.1) is 0 Å². The van der Waals surface area contributed by atoms with Crippen molar-refractivity contribution in [2.45, 2.75) is 31.6 Å². The van der Waals surface area contributed by atoms with Gasteiger partial charge in [-0.1, -0.05) is 29.7 Å². The van der Waals surface area contributed by atoms with Gasteiger partial charge >= 0.3 is 7.48 Å². The molecule has 0 aliphatic carbocycles. The number of fused-ring (bicyclic) bond motifs is 6. The minimum atomic E-state index is 0.0359. The molecular formula is C33H33BN4O3. The largest absolute Gasteiger partial charge is 0.497 e. The zero-order valence-electron chi connectivity index (χ0n) is 23.5. The van der Waals surface area contributed by atoms with Crippen molar-refractivity contribution in [3.63, 3.8) is 0 Å². The second-order valence-corrected chi connectivity index (χ2v) is 10.9. The van der Waals surface area contributed by atoms with Gasteiger partial charge in [0, 0.05) is 47.0 Å². The van der Waals surface area contributed by atoms with E-state index in [4.69, 9.17) is 19.5 Å². The number of hydrogen-bond donors (Lipinski definition) is 3. The third-order valence-electron chi connectivity index (χ3n) is 8.65. The third kappa shape index (κ3) is 4.62. The van der Waals surface area contributed by atoms with Crippen molar-refractivity contribution in [2.24, 2.45) is 9.98 Å². The van der Waals surface area contributed by atoms with E-state index in [0.29, 0.717) is 0 Å². The maximum Gasteiger partial charge on any atom is 0.304 e. The highest BCUT2D eigenvalue weighted by molar-refractivity contribution is 6.45. The number of benzene rings is 3. The number of ether oxygens (including phenoxy) is 2. The van der Waals surface area contributed by atoms with Gasteiger partial charge in [0.2, 0.25) is 0 Å². The van der Waals surface area contributed by atoms with Crippen LogP contribution in [0, 0.1) is 0 Å². The van der Waals surface area contributed by atoms with Crippen molar-refractivity contribution in [3.8, 4) is 11.5 Å². The Bertz CT molecular complexity index is 1710. The van der Waals surface area contributed by atoms with E-state index in [2.05, 4.69) is 46.4 Å². The van der Waals surface area contributed by atoms with Crippen LogP contribution in [0.2, 0.25) is 0 Å². The van der Waals surface area contributed by atoms with E-state index in [9.17, 15) is 5.02 Å². The summed E-state index contributed by atoms with van der Waals surface area (Å²) in [4.78, 5) is 17.4. The summed E-state index contributed by atoms with van der Waals surface area (Å²) in [7, 11) is 3.44. The van der Waals surface area contributed by atoms with Gasteiger partial charge in [-0.3, -0.25) is 9.98 Å². The number of methoxy groups -OCH3 is 2. The fourth-order valence-corrected chi connectivity index (χ4v) is 6.50. The first-order valence-electron chi connectivity index (χ1n) is 14.3. The first kappa shape index (κ1) is 25.7. The van der Waals surface area contributed by atoms with Crippen molar-refractivity contribution in [2.75, 3.05) is 27.3 Å². The van der Waals surface area contributed by atoms with Crippen LogP contribution in [-0.4, -0.2) is 61.2 Å². The number of H-pyrrole nitrogens is 2. The quantitative estimate of drug-likeness (QED) is 0.250. The summed E-state index contributed by atoms with van der Waals surface area (Å²) in [5.74, 6) is 1.86. The molecule has 5 aromatic rings. The van der Waals surface area contributed by atoms with Crippen molar-refractivity contribution in [1.29, 1.82) is 0 Å². The van der Waals surface area contributed by atoms with E-state index < -0.39 is 0 Å². The minimum Gasteiger partial charge on any atom is -0.497 e. The molecule has 41 heavy (non-hydrogen) atoms. The maximum absolute atomic E-state index is 9.66. The Morgan fingerprint density at radius 1 is 0.756 bits per heavy atom. The van der Waals surface area contributed by atoms with Crippen LogP contribution in [0.25, 0.3) is 21.8 Å². The number of aromatic amines is 2. The van der Waals surface area contributed by atoms with E-state index in [1.54, 1.807) is 14.2 Å². The summed E-state index contributed by atoms with van der Waals surface area (Å²) in [6.07, 6.45) is 3.43. The molecule has 0 amide bonds. The summed E-state index contributed by atoms with van der Waals surface area (Å²) >= 11 is 0. The molecule has 0 bridgehead atoms. The SMILES string of the molecule is COc1ccc2c3c([nH]c2c1)C(CC(CC1=NCCc2c1[nH]c1cc(OC)ccc21)c1ccc(BO)cc1)=NCC3. The molecule has 0 saturated carbocycles. The molecule has 0 saturated heterocycles. The number of nitrogens with zero attached hydrogens (tertiary/aromatic N) is 2. The van der Waals surface area contributed by atoms with Crippen LogP contribution in [0.3, 0.4) is 0 Å². The summed E-state index contributed by atoms with van der Waals surface area (Å²) in [6.45, 7) is 1.57. The number of aliphatic imine (C=N–C) groups is 2. The first-order chi connectivity index (χ1) is 20.1. The lowest BCUT2D eigenvalue weighted by Gasteiger charge is -2.23. The molecule has 7 nitrogen and oxygen atoms in total. The summed E-state index contributed by atoms with van der Waals surface area (Å²) in [5, 5.41) is 12.1. The Labute approximate surface area is 239 Å². The molecule has 0 spiro atoms. The normalized spacial score (nSPS) is 14.5. The second-order valence-electron chi connectivity index (χ2n) is 10.9. The fraction of sp³-hybridized carbons (Fsp3) is 0.273. The molecular weight excluding hydrogens is 511 g/mol. The zero-order chi connectivity index (χ0) is 27.9. The van der Waals surface area contributed by atoms with Crippen LogP contribution >= 0.6 is 0 Å². The molecule has 8 heteroatoms. The number of nitrogens with one attached hydrogen (secondary N) is 2. The number of aromatic nitrogens is 2. The monoisotopic (exact) mass is 544 g/mol. The van der Waals surface area contributed by atoms with Gasteiger partial charge in [-0.25, -0.2) is 0 Å². The molecule has 0 unspecified atom stereocenters. The van der Waals surface area contributed by atoms with Gasteiger partial charge in [0.1, 0.15) is 11.5 Å². The molecule has 0 atom stereocenters. The van der Waals surface area contributed by atoms with Crippen molar-refractivity contribution < 1.29 is 14.5 Å². The lowest BCUT2D eigenvalue weighted by molar-refractivity contribution is 0.415. The lowest BCUT2D eigenvalue weighted by atomic mass is 9.82. The Morgan fingerprint density at radius 2 is 1.27 bits per heavy atom. The fourth-order valence-electron chi connectivity index (χ4n) is 6.50. The molecule has 7 rings (SSSR count). The van der Waals surface area contributed by atoms with Gasteiger partial charge in [-0.05, 0) is 72.6 Å². The van der Waals surface area contributed by atoms with E-state index in [0.717, 1.165) is 89.6 Å². The van der Waals surface area contributed by atoms with Crippen LogP contribution in [0.4, 0.5) is 0 Å². The molecule has 3 aromatic carbocycles. The van der Waals surface area contributed by atoms with Gasteiger partial charge in [0.05, 0.1) is 37.0 Å². The molecule has 206 valence electrons. The molecule has 2 aromatic heterocycles. The molecule has 0 fully saturated rings. The van der Waals surface area contributed by atoms with Crippen molar-refractivity contribution >= 4 is 46.2 Å². The van der Waals surface area contributed by atoms with Gasteiger partial charge in [0.25, 0.3) is 0 Å². The third-order valence-corrected chi connectivity index (χ3v) is 8.65. The highest BCUT2D eigenvalue weighted by Gasteiger charge is 2.27. The average Bonchev–Trinajstić information content (AvgIpc) is 3.59. The molecule has 2 aliphatic rings. The van der Waals surface area contributed by atoms with E-state index in [1.807, 2.05) is 24.3 Å². The lowest BCUT2D eigenvalue weighted by Crippen LogP contribution is -2.21. The highest BCUT2D eigenvalue weighted by atomic mass is 16.5. The van der Waals surface area contributed by atoms with Crippen LogP contribution < -0.4 is 14.9 Å². The van der Waals surface area contributed by atoms with Gasteiger partial charge < -0.3 is 24.5 Å². The number of rotatable bonds is 8. The summed E-state index contributed by atoms with van der Waals surface area (Å²) < 4.78 is 11.0. The van der Waals surface area contributed by atoms with Crippen molar-refractivity contribution in [1.82, 2.24) is 9.97 Å². The predicted molar refractivity (Wildman–Crippen MR) is 167 cm³/mol. The van der Waals surface area contributed by atoms with E-state index in [1.165, 1.54) is 27.5 Å². The van der Waals surface area contributed by atoms with Crippen LogP contribution in [-0.2, 0) is 12.8 Å². The molecule has 4 heterocycles. The van der Waals surface area contributed by atoms with E-state index in [-0.39, 0.29) is 13.4 Å². The molecule has 3 N–H and O–H groups in total. The maximum atomic E-state index is 9.66. The highest BCUT2D eigenvalue weighted by Crippen LogP contribution is 2.36. The first-order valence-corrected chi connectivity index (χ1v) is 14.3. The van der Waals surface area contributed by atoms with Gasteiger partial charge in [-0.2, -0.15) is 0 Å². The topological polar surface area (TPSA) is 95.0 Å². The number of hydrogen-bond acceptors (Lipinski definition) is 5. The smallest absolute Gasteiger partial charge is 0.304 e. The Balaban J connectivity index is 1.26. The molecule has 2 aliphatic heterocycles. The van der Waals surface area contributed by atoms with Crippen LogP contribution in [0.5, 0.6) is 11.5 Å². The molecule has 0 radical (unpaired) electrons. The minimum absolute atomic E-state index is 0.0359. The Hall–Kier alpha value is -4.30. The van der Waals surface area contributed by atoms with Crippen LogP contribution in [0.1, 0.15) is 46.8 Å². The second kappa shape index (κ2) is 10.6. The summed E-state index contributed by atoms with van der Waals surface area (Å²) in [5.41, 5.74) is 11.5. The standard InChI is InChI=1S/C33H33BN4O3/c1-40-22-7-9-24-26-11-13-35-30(32(26)37-28(24)17-22)15-20(19-3-5-21(34-39)6-4-19)16-31-33-27(12-14-36-31)25-10-8-23(41-2)18-29(25)38-33/h3-10,17-18,20,34,37-39H,11-16H2,1-2H3.